The van der Waals surface area contributed by atoms with Crippen molar-refractivity contribution in [2.75, 3.05) is 26.8 Å². The van der Waals surface area contributed by atoms with Gasteiger partial charge in [0.15, 0.2) is 5.78 Å². The second kappa shape index (κ2) is 11.3. The van der Waals surface area contributed by atoms with Crippen LogP contribution in [0.4, 0.5) is 0 Å². The van der Waals surface area contributed by atoms with E-state index in [-0.39, 0.29) is 29.3 Å². The molecule has 2 heterocycles. The summed E-state index contributed by atoms with van der Waals surface area (Å²) < 4.78 is 20.3. The number of hydrogen-bond donors (Lipinski definition) is 0. The summed E-state index contributed by atoms with van der Waals surface area (Å²) in [5.74, 6) is 3.23. The van der Waals surface area contributed by atoms with Gasteiger partial charge in [-0.15, -0.1) is 0 Å². The van der Waals surface area contributed by atoms with Crippen LogP contribution in [-0.2, 0) is 19.0 Å². The van der Waals surface area contributed by atoms with Gasteiger partial charge in [-0.05, 0) is 82.2 Å². The van der Waals surface area contributed by atoms with E-state index in [1.807, 2.05) is 7.11 Å². The Bertz CT molecular complexity index is 867. The maximum absolute atomic E-state index is 13.6. The molecule has 0 aromatic heterocycles. The molecule has 8 atom stereocenters. The lowest BCUT2D eigenvalue weighted by atomic mass is 9.42. The van der Waals surface area contributed by atoms with Crippen LogP contribution in [-0.4, -0.2) is 67.4 Å². The number of rotatable bonds is 9. The molecule has 2 bridgehead atoms. The molecule has 5 nitrogen and oxygen atoms in total. The predicted molar refractivity (Wildman–Crippen MR) is 153 cm³/mol. The standard InChI is InChI=1S/C34H55NO4/c1-37-28-15-14-26-23-29-34(38-22-8-13-24-9-4-2-5-10-24)18-16-27(36)32-33(34,30(26)31(28)39-32)19-21-35(29)20-17-25-11-6-3-7-12-25/h24-26,28-32H,2-23H2,1H3/t26?,28?,29?,30?,31?,32-,33-,34+/m0/s1. The maximum Gasteiger partial charge on any atom is 0.162 e. The minimum atomic E-state index is -0.277. The average molecular weight is 542 g/mol. The monoisotopic (exact) mass is 541 g/mol. The SMILES string of the molecule is COC1CCC2CC3N(CCC4CCCCC4)CC[C@]45C2C1O[C@H]4C(=O)CC[C@@]35OCCCC1CCCCC1. The van der Waals surface area contributed by atoms with Crippen LogP contribution in [0.1, 0.15) is 122 Å². The molecule has 7 rings (SSSR count). The molecular weight excluding hydrogens is 486 g/mol. The van der Waals surface area contributed by atoms with Gasteiger partial charge in [-0.25, -0.2) is 0 Å². The van der Waals surface area contributed by atoms with Gasteiger partial charge < -0.3 is 14.2 Å². The lowest BCUT2D eigenvalue weighted by Gasteiger charge is -2.69. The van der Waals surface area contributed by atoms with Gasteiger partial charge in [0.05, 0.1) is 17.8 Å². The summed E-state index contributed by atoms with van der Waals surface area (Å²) >= 11 is 0. The summed E-state index contributed by atoms with van der Waals surface area (Å²) in [7, 11) is 1.85. The molecule has 2 saturated heterocycles. The van der Waals surface area contributed by atoms with Crippen LogP contribution >= 0.6 is 0 Å². The molecule has 0 radical (unpaired) electrons. The number of methoxy groups -OCH3 is 1. The van der Waals surface area contributed by atoms with E-state index in [9.17, 15) is 4.79 Å². The highest BCUT2D eigenvalue weighted by molar-refractivity contribution is 5.86. The van der Waals surface area contributed by atoms with Gasteiger partial charge in [0.1, 0.15) is 6.10 Å². The lowest BCUT2D eigenvalue weighted by molar-refractivity contribution is -0.272. The number of hydrogen-bond acceptors (Lipinski definition) is 5. The van der Waals surface area contributed by atoms with Crippen molar-refractivity contribution >= 4 is 5.78 Å². The number of piperidine rings is 1. The lowest BCUT2D eigenvalue weighted by Crippen LogP contribution is -2.78. The Balaban J connectivity index is 1.17. The average Bonchev–Trinajstić information content (AvgIpc) is 3.33. The molecule has 220 valence electrons. The minimum absolute atomic E-state index is 0.0701. The minimum Gasteiger partial charge on any atom is -0.379 e. The van der Waals surface area contributed by atoms with Gasteiger partial charge in [0.2, 0.25) is 0 Å². The van der Waals surface area contributed by atoms with E-state index in [1.54, 1.807) is 0 Å². The van der Waals surface area contributed by atoms with Crippen LogP contribution in [0.2, 0.25) is 0 Å². The zero-order valence-corrected chi connectivity index (χ0v) is 24.8. The molecule has 5 saturated carbocycles. The van der Waals surface area contributed by atoms with Gasteiger partial charge in [0, 0.05) is 37.5 Å². The summed E-state index contributed by atoms with van der Waals surface area (Å²) in [4.78, 5) is 16.5. The normalized spacial score (nSPS) is 44.9. The van der Waals surface area contributed by atoms with E-state index in [0.717, 1.165) is 44.2 Å². The van der Waals surface area contributed by atoms with Crippen molar-refractivity contribution in [3.63, 3.8) is 0 Å². The third-order valence-corrected chi connectivity index (χ3v) is 13.2. The van der Waals surface area contributed by atoms with Gasteiger partial charge in [-0.2, -0.15) is 0 Å². The summed E-state index contributed by atoms with van der Waals surface area (Å²) in [5, 5.41) is 0. The molecule has 0 aromatic rings. The van der Waals surface area contributed by atoms with E-state index >= 15 is 0 Å². The molecular formula is C34H55NO4. The fourth-order valence-electron chi connectivity index (χ4n) is 11.5. The molecule has 2 aliphatic heterocycles. The van der Waals surface area contributed by atoms with Gasteiger partial charge in [-0.1, -0.05) is 64.2 Å². The Morgan fingerprint density at radius 3 is 2.41 bits per heavy atom. The van der Waals surface area contributed by atoms with Crippen molar-refractivity contribution in [2.24, 2.45) is 29.1 Å². The zero-order chi connectivity index (χ0) is 26.5. The number of ether oxygens (including phenoxy) is 3. The van der Waals surface area contributed by atoms with Crippen molar-refractivity contribution in [2.45, 2.75) is 152 Å². The van der Waals surface area contributed by atoms with Crippen LogP contribution in [0, 0.1) is 29.1 Å². The largest absolute Gasteiger partial charge is 0.379 e. The summed E-state index contributed by atoms with van der Waals surface area (Å²) in [6.07, 6.45) is 24.2. The van der Waals surface area contributed by atoms with Crippen molar-refractivity contribution in [3.05, 3.63) is 0 Å². The Morgan fingerprint density at radius 2 is 1.67 bits per heavy atom. The van der Waals surface area contributed by atoms with Crippen molar-refractivity contribution < 1.29 is 19.0 Å². The molecule has 5 aliphatic carbocycles. The van der Waals surface area contributed by atoms with E-state index in [0.29, 0.717) is 30.1 Å². The molecule has 0 N–H and O–H groups in total. The first-order valence-electron chi connectivity index (χ1n) is 17.3. The summed E-state index contributed by atoms with van der Waals surface area (Å²) in [6.45, 7) is 3.20. The summed E-state index contributed by atoms with van der Waals surface area (Å²) in [6, 6.07) is 0.447. The molecule has 7 aliphatic rings. The van der Waals surface area contributed by atoms with Gasteiger partial charge in [-0.3, -0.25) is 9.69 Å². The highest BCUT2D eigenvalue weighted by atomic mass is 16.6. The molecule has 1 spiro atoms. The first-order valence-corrected chi connectivity index (χ1v) is 17.3. The van der Waals surface area contributed by atoms with Crippen LogP contribution in [0.3, 0.4) is 0 Å². The first kappa shape index (κ1) is 27.3. The summed E-state index contributed by atoms with van der Waals surface area (Å²) in [5.41, 5.74) is -0.377. The fraction of sp³-hybridized carbons (Fsp3) is 0.971. The topological polar surface area (TPSA) is 48.0 Å². The first-order chi connectivity index (χ1) is 19.2. The molecule has 0 aromatic carbocycles. The highest BCUT2D eigenvalue weighted by Gasteiger charge is 2.78. The Kier molecular flexibility index (Phi) is 7.93. The van der Waals surface area contributed by atoms with E-state index in [2.05, 4.69) is 4.90 Å². The maximum atomic E-state index is 13.6. The Labute approximate surface area is 237 Å². The molecule has 7 fully saturated rings. The predicted octanol–water partition coefficient (Wildman–Crippen LogP) is 6.71. The van der Waals surface area contributed by atoms with Crippen molar-refractivity contribution in [1.29, 1.82) is 0 Å². The number of carbonyl (C=O) groups excluding carboxylic acids is 1. The van der Waals surface area contributed by atoms with Gasteiger partial charge >= 0.3 is 0 Å². The van der Waals surface area contributed by atoms with Crippen molar-refractivity contribution in [3.8, 4) is 0 Å². The number of ketones is 1. The van der Waals surface area contributed by atoms with E-state index in [1.165, 1.54) is 103 Å². The third kappa shape index (κ3) is 4.50. The fourth-order valence-corrected chi connectivity index (χ4v) is 11.5. The van der Waals surface area contributed by atoms with E-state index < -0.39 is 0 Å². The Morgan fingerprint density at radius 1 is 0.923 bits per heavy atom. The molecule has 0 amide bonds. The highest BCUT2D eigenvalue weighted by Crippen LogP contribution is 2.70. The van der Waals surface area contributed by atoms with Crippen LogP contribution < -0.4 is 0 Å². The number of Topliss-reactive ketones (excluding diaryl/α,β-unsaturated/α-hetero) is 1. The molecule has 5 unspecified atom stereocenters. The molecule has 5 heteroatoms. The van der Waals surface area contributed by atoms with Crippen LogP contribution in [0.25, 0.3) is 0 Å². The van der Waals surface area contributed by atoms with Crippen LogP contribution in [0.15, 0.2) is 0 Å². The Hall–Kier alpha value is -0.490. The number of likely N-dealkylation sites (tertiary alicyclic amines) is 1. The second-order valence-electron chi connectivity index (χ2n) is 14.8. The van der Waals surface area contributed by atoms with Crippen molar-refractivity contribution in [1.82, 2.24) is 4.90 Å². The second-order valence-corrected chi connectivity index (χ2v) is 14.8. The molecule has 39 heavy (non-hydrogen) atoms. The third-order valence-electron chi connectivity index (χ3n) is 13.2. The van der Waals surface area contributed by atoms with Gasteiger partial charge in [0.25, 0.3) is 0 Å². The zero-order valence-electron chi connectivity index (χ0n) is 24.8. The van der Waals surface area contributed by atoms with E-state index in [4.69, 9.17) is 14.2 Å². The van der Waals surface area contributed by atoms with Crippen LogP contribution in [0.5, 0.6) is 0 Å². The number of nitrogens with zero attached hydrogens (tertiary/aromatic N) is 1. The smallest absolute Gasteiger partial charge is 0.162 e. The number of carbonyl (C=O) groups is 1. The quantitative estimate of drug-likeness (QED) is 0.304.